The molecule has 1 aliphatic rings. The van der Waals surface area contributed by atoms with Crippen LogP contribution in [0.2, 0.25) is 0 Å². The number of benzene rings is 1. The summed E-state index contributed by atoms with van der Waals surface area (Å²) in [6, 6.07) is 7.41. The lowest BCUT2D eigenvalue weighted by molar-refractivity contribution is 0.0981. The van der Waals surface area contributed by atoms with Gasteiger partial charge >= 0.3 is 0 Å². The third-order valence-electron chi connectivity index (χ3n) is 3.19. The molecule has 1 aromatic carbocycles. The number of anilines is 1. The van der Waals surface area contributed by atoms with Crippen molar-refractivity contribution in [3.8, 4) is 0 Å². The molecular weight excluding hydrogens is 290 g/mol. The van der Waals surface area contributed by atoms with E-state index in [1.807, 2.05) is 31.2 Å². The fourth-order valence-electron chi connectivity index (χ4n) is 2.04. The van der Waals surface area contributed by atoms with Crippen LogP contribution in [0.15, 0.2) is 47.4 Å². The summed E-state index contributed by atoms with van der Waals surface area (Å²) in [6.45, 7) is 1.96. The van der Waals surface area contributed by atoms with Gasteiger partial charge in [0, 0.05) is 5.69 Å². The minimum atomic E-state index is -0.434. The summed E-state index contributed by atoms with van der Waals surface area (Å²) in [5.41, 5.74) is 2.21. The van der Waals surface area contributed by atoms with Crippen LogP contribution >= 0.6 is 11.6 Å². The van der Waals surface area contributed by atoms with E-state index in [4.69, 9.17) is 11.6 Å². The number of carbonyl (C=O) groups excluding carboxylic acids is 2. The van der Waals surface area contributed by atoms with Crippen molar-refractivity contribution >= 4 is 28.9 Å². The van der Waals surface area contributed by atoms with Crippen LogP contribution < -0.4 is 5.32 Å². The molecule has 1 aromatic heterocycles. The van der Waals surface area contributed by atoms with E-state index in [0.717, 1.165) is 5.56 Å². The Morgan fingerprint density at radius 1 is 0.952 bits per heavy atom. The lowest BCUT2D eigenvalue weighted by Crippen LogP contribution is -2.24. The van der Waals surface area contributed by atoms with Crippen LogP contribution in [0.25, 0.3) is 0 Å². The molecule has 0 saturated carbocycles. The van der Waals surface area contributed by atoms with Crippen molar-refractivity contribution in [2.75, 3.05) is 5.32 Å². The standard InChI is InChI=1S/C15H10ClN3O2/c1-8-2-4-9(5-3-8)19-13-12(16)14(20)10-6-17-18-7-11(10)15(13)21/h2-7,19H,1H3. The minimum Gasteiger partial charge on any atom is -0.351 e. The fourth-order valence-corrected chi connectivity index (χ4v) is 2.28. The predicted octanol–water partition coefficient (Wildman–Crippen LogP) is 2.73. The highest BCUT2D eigenvalue weighted by Crippen LogP contribution is 2.28. The Labute approximate surface area is 125 Å². The highest BCUT2D eigenvalue weighted by atomic mass is 35.5. The van der Waals surface area contributed by atoms with Crippen molar-refractivity contribution in [2.45, 2.75) is 6.92 Å². The molecule has 1 heterocycles. The van der Waals surface area contributed by atoms with Gasteiger partial charge in [-0.15, -0.1) is 0 Å². The maximum absolute atomic E-state index is 12.4. The van der Waals surface area contributed by atoms with Gasteiger partial charge in [0.2, 0.25) is 11.6 Å². The van der Waals surface area contributed by atoms with Gasteiger partial charge in [0.1, 0.15) is 10.7 Å². The van der Waals surface area contributed by atoms with Crippen LogP contribution in [-0.4, -0.2) is 21.8 Å². The van der Waals surface area contributed by atoms with Gasteiger partial charge in [0.25, 0.3) is 0 Å². The van der Waals surface area contributed by atoms with E-state index in [9.17, 15) is 9.59 Å². The lowest BCUT2D eigenvalue weighted by Gasteiger charge is -2.18. The van der Waals surface area contributed by atoms with Crippen molar-refractivity contribution in [1.29, 1.82) is 0 Å². The SMILES string of the molecule is Cc1ccc(NC2=C(Cl)C(=O)c3cnncc3C2=O)cc1. The minimum absolute atomic E-state index is 0.0611. The van der Waals surface area contributed by atoms with E-state index in [2.05, 4.69) is 15.5 Å². The Hall–Kier alpha value is -2.53. The molecule has 0 bridgehead atoms. The number of carbonyl (C=O) groups is 2. The number of hydrogen-bond acceptors (Lipinski definition) is 5. The number of Topliss-reactive ketones (excluding diaryl/α,β-unsaturated/α-hetero) is 2. The third kappa shape index (κ3) is 2.32. The molecule has 0 fully saturated rings. The Bertz CT molecular complexity index is 782. The van der Waals surface area contributed by atoms with Crippen LogP contribution in [-0.2, 0) is 0 Å². The van der Waals surface area contributed by atoms with E-state index in [1.165, 1.54) is 12.4 Å². The zero-order valence-electron chi connectivity index (χ0n) is 11.1. The second kappa shape index (κ2) is 5.10. The first kappa shape index (κ1) is 13.5. The normalized spacial score (nSPS) is 14.2. The number of ketones is 2. The molecule has 6 heteroatoms. The Balaban J connectivity index is 2.02. The van der Waals surface area contributed by atoms with E-state index in [0.29, 0.717) is 5.69 Å². The maximum Gasteiger partial charge on any atom is 0.213 e. The quantitative estimate of drug-likeness (QED) is 0.923. The van der Waals surface area contributed by atoms with E-state index >= 15 is 0 Å². The van der Waals surface area contributed by atoms with Crippen molar-refractivity contribution in [1.82, 2.24) is 10.2 Å². The highest BCUT2D eigenvalue weighted by Gasteiger charge is 2.32. The molecule has 2 aromatic rings. The lowest BCUT2D eigenvalue weighted by atomic mass is 9.95. The van der Waals surface area contributed by atoms with Crippen molar-refractivity contribution in [3.63, 3.8) is 0 Å². The molecule has 1 N–H and O–H groups in total. The molecule has 0 aliphatic heterocycles. The van der Waals surface area contributed by atoms with Gasteiger partial charge in [-0.05, 0) is 19.1 Å². The van der Waals surface area contributed by atoms with Crippen LogP contribution in [0.5, 0.6) is 0 Å². The van der Waals surface area contributed by atoms with Gasteiger partial charge < -0.3 is 5.32 Å². The number of fused-ring (bicyclic) bond motifs is 1. The molecule has 104 valence electrons. The number of nitrogens with zero attached hydrogens (tertiary/aromatic N) is 2. The van der Waals surface area contributed by atoms with Gasteiger partial charge in [0.15, 0.2) is 0 Å². The van der Waals surface area contributed by atoms with E-state index < -0.39 is 5.78 Å². The summed E-state index contributed by atoms with van der Waals surface area (Å²) in [6.07, 6.45) is 2.52. The molecule has 1 aliphatic carbocycles. The van der Waals surface area contributed by atoms with Crippen LogP contribution in [0.3, 0.4) is 0 Å². The first-order valence-corrected chi connectivity index (χ1v) is 6.59. The number of halogens is 1. The monoisotopic (exact) mass is 299 g/mol. The average molecular weight is 300 g/mol. The topological polar surface area (TPSA) is 72.0 Å². The second-order valence-corrected chi connectivity index (χ2v) is 5.03. The zero-order chi connectivity index (χ0) is 15.0. The van der Waals surface area contributed by atoms with Crippen LogP contribution in [0.1, 0.15) is 26.3 Å². The maximum atomic E-state index is 12.4. The largest absolute Gasteiger partial charge is 0.351 e. The number of aryl methyl sites for hydroxylation is 1. The van der Waals surface area contributed by atoms with E-state index in [-0.39, 0.29) is 27.6 Å². The number of rotatable bonds is 2. The van der Waals surface area contributed by atoms with Crippen molar-refractivity contribution in [3.05, 3.63) is 64.1 Å². The number of nitrogens with one attached hydrogen (secondary N) is 1. The Kier molecular flexibility index (Phi) is 3.27. The first-order chi connectivity index (χ1) is 10.1. The summed E-state index contributed by atoms with van der Waals surface area (Å²) in [5, 5.41) is 10.0. The molecular formula is C15H10ClN3O2. The number of allylic oxidation sites excluding steroid dienone is 2. The summed E-state index contributed by atoms with van der Waals surface area (Å²) >= 11 is 6.04. The molecule has 0 unspecified atom stereocenters. The van der Waals surface area contributed by atoms with Crippen LogP contribution in [0.4, 0.5) is 5.69 Å². The molecule has 5 nitrogen and oxygen atoms in total. The summed E-state index contributed by atoms with van der Waals surface area (Å²) in [5.74, 6) is -0.805. The number of aromatic nitrogens is 2. The van der Waals surface area contributed by atoms with Gasteiger partial charge in [0.05, 0.1) is 23.5 Å². The highest BCUT2D eigenvalue weighted by molar-refractivity contribution is 6.50. The van der Waals surface area contributed by atoms with Gasteiger partial charge in [-0.25, -0.2) is 0 Å². The predicted molar refractivity (Wildman–Crippen MR) is 78.4 cm³/mol. The van der Waals surface area contributed by atoms with Gasteiger partial charge in [-0.3, -0.25) is 9.59 Å². The van der Waals surface area contributed by atoms with Crippen molar-refractivity contribution < 1.29 is 9.59 Å². The summed E-state index contributed by atoms with van der Waals surface area (Å²) < 4.78 is 0. The smallest absolute Gasteiger partial charge is 0.213 e. The fraction of sp³-hybridized carbons (Fsp3) is 0.0667. The molecule has 0 spiro atoms. The molecule has 0 saturated heterocycles. The molecule has 0 amide bonds. The molecule has 21 heavy (non-hydrogen) atoms. The van der Waals surface area contributed by atoms with Gasteiger partial charge in [-0.1, -0.05) is 29.3 Å². The zero-order valence-corrected chi connectivity index (χ0v) is 11.8. The summed E-state index contributed by atoms with van der Waals surface area (Å²) in [4.78, 5) is 24.6. The van der Waals surface area contributed by atoms with Crippen LogP contribution in [0, 0.1) is 6.92 Å². The molecule has 0 radical (unpaired) electrons. The Morgan fingerprint density at radius 3 is 2.14 bits per heavy atom. The van der Waals surface area contributed by atoms with Gasteiger partial charge in [-0.2, -0.15) is 10.2 Å². The number of hydrogen-bond donors (Lipinski definition) is 1. The first-order valence-electron chi connectivity index (χ1n) is 6.21. The Morgan fingerprint density at radius 2 is 1.52 bits per heavy atom. The molecule has 3 rings (SSSR count). The summed E-state index contributed by atoms with van der Waals surface area (Å²) in [7, 11) is 0. The third-order valence-corrected chi connectivity index (χ3v) is 3.55. The molecule has 0 atom stereocenters. The second-order valence-electron chi connectivity index (χ2n) is 4.65. The van der Waals surface area contributed by atoms with E-state index in [1.54, 1.807) is 0 Å². The average Bonchev–Trinajstić information content (AvgIpc) is 2.51. The van der Waals surface area contributed by atoms with Crippen molar-refractivity contribution in [2.24, 2.45) is 0 Å².